The Bertz CT molecular complexity index is 834. The molecule has 1 aromatic carbocycles. The van der Waals surface area contributed by atoms with Gasteiger partial charge in [0.25, 0.3) is 0 Å². The van der Waals surface area contributed by atoms with Gasteiger partial charge in [-0.15, -0.1) is 0 Å². The first-order valence-electron chi connectivity index (χ1n) is 9.09. The van der Waals surface area contributed by atoms with Crippen LogP contribution in [0, 0.1) is 17.6 Å². The van der Waals surface area contributed by atoms with Crippen molar-refractivity contribution in [3.05, 3.63) is 35.4 Å². The largest absolute Gasteiger partial charge is 0.391 e. The standard InChI is InChI=1S/C19H26F2N4O4/c1-9-14(22)17(28)25(8-11-5-6-12(20)13(21)7-11)19(9,3)18(29)24(4)15(10(2)26)16(23)27/h5-7,9-10,14-15,26H,8,22H2,1-4H3,(H2,23,27)/t9?,10-,14?,15+,19?/m1/s1. The van der Waals surface area contributed by atoms with E-state index in [2.05, 4.69) is 0 Å². The smallest absolute Gasteiger partial charge is 0.249 e. The van der Waals surface area contributed by atoms with Gasteiger partial charge >= 0.3 is 0 Å². The highest BCUT2D eigenvalue weighted by molar-refractivity contribution is 5.99. The maximum atomic E-state index is 13.6. The number of aliphatic hydroxyl groups is 1. The Morgan fingerprint density at radius 3 is 2.41 bits per heavy atom. The molecule has 0 aliphatic carbocycles. The Kier molecular flexibility index (Phi) is 6.29. The summed E-state index contributed by atoms with van der Waals surface area (Å²) in [7, 11) is 1.30. The van der Waals surface area contributed by atoms with Crippen molar-refractivity contribution in [2.24, 2.45) is 17.4 Å². The molecule has 8 nitrogen and oxygen atoms in total. The Hall–Kier alpha value is -2.59. The lowest BCUT2D eigenvalue weighted by Crippen LogP contribution is -2.62. The molecular formula is C19H26F2N4O4. The van der Waals surface area contributed by atoms with Gasteiger partial charge in [-0.3, -0.25) is 14.4 Å². The molecule has 0 spiro atoms. The molecule has 1 heterocycles. The Morgan fingerprint density at radius 1 is 1.34 bits per heavy atom. The minimum Gasteiger partial charge on any atom is -0.391 e. The average Bonchev–Trinajstić information content (AvgIpc) is 2.79. The molecule has 2 rings (SSSR count). The zero-order valence-electron chi connectivity index (χ0n) is 16.7. The van der Waals surface area contributed by atoms with Gasteiger partial charge in [0, 0.05) is 19.5 Å². The van der Waals surface area contributed by atoms with E-state index < -0.39 is 59.0 Å². The van der Waals surface area contributed by atoms with Gasteiger partial charge in [-0.25, -0.2) is 8.78 Å². The van der Waals surface area contributed by atoms with E-state index in [1.807, 2.05) is 0 Å². The number of likely N-dealkylation sites (N-methyl/N-ethyl adjacent to an activating group) is 1. The Balaban J connectivity index is 2.46. The first kappa shape index (κ1) is 22.7. The van der Waals surface area contributed by atoms with Gasteiger partial charge in [-0.2, -0.15) is 0 Å². The zero-order valence-corrected chi connectivity index (χ0v) is 16.7. The number of benzene rings is 1. The van der Waals surface area contributed by atoms with Gasteiger partial charge in [0.1, 0.15) is 11.6 Å². The minimum atomic E-state index is -1.50. The molecule has 1 saturated heterocycles. The molecule has 0 saturated carbocycles. The van der Waals surface area contributed by atoms with Crippen molar-refractivity contribution >= 4 is 17.7 Å². The molecule has 5 N–H and O–H groups in total. The van der Waals surface area contributed by atoms with E-state index in [4.69, 9.17) is 11.5 Å². The van der Waals surface area contributed by atoms with Gasteiger partial charge in [0.05, 0.1) is 12.1 Å². The number of nitrogens with zero attached hydrogens (tertiary/aromatic N) is 2. The third kappa shape index (κ3) is 3.82. The second-order valence-corrected chi connectivity index (χ2v) is 7.64. The highest BCUT2D eigenvalue weighted by Gasteiger charge is 2.58. The van der Waals surface area contributed by atoms with E-state index in [0.29, 0.717) is 0 Å². The van der Waals surface area contributed by atoms with Crippen molar-refractivity contribution in [3.63, 3.8) is 0 Å². The van der Waals surface area contributed by atoms with Crippen molar-refractivity contribution in [3.8, 4) is 0 Å². The van der Waals surface area contributed by atoms with Crippen LogP contribution in [0.1, 0.15) is 26.3 Å². The quantitative estimate of drug-likeness (QED) is 0.592. The van der Waals surface area contributed by atoms with Crippen molar-refractivity contribution in [1.29, 1.82) is 0 Å². The molecule has 29 heavy (non-hydrogen) atoms. The van der Waals surface area contributed by atoms with Crippen LogP contribution in [0.2, 0.25) is 0 Å². The maximum absolute atomic E-state index is 13.6. The summed E-state index contributed by atoms with van der Waals surface area (Å²) in [6, 6.07) is 0.839. The van der Waals surface area contributed by atoms with Crippen LogP contribution in [-0.4, -0.2) is 63.4 Å². The second-order valence-electron chi connectivity index (χ2n) is 7.64. The number of amides is 3. The molecule has 3 unspecified atom stereocenters. The average molecular weight is 412 g/mol. The Labute approximate surface area is 167 Å². The highest BCUT2D eigenvalue weighted by Crippen LogP contribution is 2.38. The number of hydrogen-bond donors (Lipinski definition) is 3. The van der Waals surface area contributed by atoms with Crippen molar-refractivity contribution in [2.45, 2.75) is 51.0 Å². The first-order chi connectivity index (χ1) is 13.3. The van der Waals surface area contributed by atoms with Gasteiger partial charge in [0.2, 0.25) is 17.7 Å². The number of rotatable bonds is 6. The fourth-order valence-corrected chi connectivity index (χ4v) is 3.83. The second kappa shape index (κ2) is 8.03. The highest BCUT2D eigenvalue weighted by atomic mass is 19.2. The topological polar surface area (TPSA) is 130 Å². The molecule has 1 fully saturated rings. The molecule has 1 aromatic rings. The summed E-state index contributed by atoms with van der Waals surface area (Å²) in [6.07, 6.45) is -1.24. The number of halogens is 2. The van der Waals surface area contributed by atoms with E-state index in [9.17, 15) is 28.3 Å². The fraction of sp³-hybridized carbons (Fsp3) is 0.526. The van der Waals surface area contributed by atoms with Crippen molar-refractivity contribution in [2.75, 3.05) is 7.05 Å². The summed E-state index contributed by atoms with van der Waals surface area (Å²) in [5.41, 5.74) is 10.1. The molecule has 1 aliphatic rings. The van der Waals surface area contributed by atoms with Crippen LogP contribution in [0.5, 0.6) is 0 Å². The molecule has 0 radical (unpaired) electrons. The van der Waals surface area contributed by atoms with Crippen LogP contribution < -0.4 is 11.5 Å². The van der Waals surface area contributed by atoms with Crippen LogP contribution in [0.15, 0.2) is 18.2 Å². The number of likely N-dealkylation sites (tertiary alicyclic amines) is 1. The molecule has 10 heteroatoms. The number of carbonyl (C=O) groups is 3. The molecule has 3 amide bonds. The van der Waals surface area contributed by atoms with Gasteiger partial charge < -0.3 is 26.4 Å². The van der Waals surface area contributed by atoms with Crippen LogP contribution in [0.3, 0.4) is 0 Å². The predicted molar refractivity (Wildman–Crippen MR) is 99.9 cm³/mol. The molecule has 160 valence electrons. The number of hydrogen-bond acceptors (Lipinski definition) is 5. The van der Waals surface area contributed by atoms with Crippen molar-refractivity contribution < 1.29 is 28.3 Å². The normalized spacial score (nSPS) is 26.3. The number of carbonyl (C=O) groups excluding carboxylic acids is 3. The van der Waals surface area contributed by atoms with Crippen molar-refractivity contribution in [1.82, 2.24) is 9.80 Å². The minimum absolute atomic E-state index is 0.194. The lowest BCUT2D eigenvalue weighted by atomic mass is 9.84. The predicted octanol–water partition coefficient (Wildman–Crippen LogP) is -0.278. The summed E-state index contributed by atoms with van der Waals surface area (Å²) in [4.78, 5) is 40.1. The van der Waals surface area contributed by atoms with E-state index >= 15 is 0 Å². The Morgan fingerprint density at radius 2 is 1.93 bits per heavy atom. The van der Waals surface area contributed by atoms with Crippen LogP contribution in [-0.2, 0) is 20.9 Å². The monoisotopic (exact) mass is 412 g/mol. The zero-order chi connectivity index (χ0) is 22.3. The number of aliphatic hydroxyl groups excluding tert-OH is 1. The third-order valence-corrected chi connectivity index (χ3v) is 5.78. The summed E-state index contributed by atoms with van der Waals surface area (Å²) >= 11 is 0. The number of primary amides is 1. The SMILES string of the molecule is CC1C(N)C(=O)N(Cc2ccc(F)c(F)c2)C1(C)C(=O)N(C)[C@H](C(N)=O)[C@@H](C)O. The lowest BCUT2D eigenvalue weighted by molar-refractivity contribution is -0.154. The van der Waals surface area contributed by atoms with Crippen LogP contribution >= 0.6 is 0 Å². The van der Waals surface area contributed by atoms with Crippen LogP contribution in [0.4, 0.5) is 8.78 Å². The summed E-state index contributed by atoms with van der Waals surface area (Å²) in [5, 5.41) is 9.88. The molecule has 5 atom stereocenters. The van der Waals surface area contributed by atoms with E-state index in [0.717, 1.165) is 17.0 Å². The van der Waals surface area contributed by atoms with Gasteiger partial charge in [-0.05, 0) is 31.5 Å². The summed E-state index contributed by atoms with van der Waals surface area (Å²) < 4.78 is 26.8. The van der Waals surface area contributed by atoms with E-state index in [-0.39, 0.29) is 12.1 Å². The third-order valence-electron chi connectivity index (χ3n) is 5.78. The van der Waals surface area contributed by atoms with E-state index in [1.54, 1.807) is 6.92 Å². The van der Waals surface area contributed by atoms with Gasteiger partial charge in [0.15, 0.2) is 11.6 Å². The summed E-state index contributed by atoms with van der Waals surface area (Å²) in [6.45, 7) is 4.22. The van der Waals surface area contributed by atoms with Crippen LogP contribution in [0.25, 0.3) is 0 Å². The lowest BCUT2D eigenvalue weighted by Gasteiger charge is -2.41. The molecule has 0 bridgehead atoms. The summed E-state index contributed by atoms with van der Waals surface area (Å²) in [5.74, 6) is -4.89. The van der Waals surface area contributed by atoms with Gasteiger partial charge in [-0.1, -0.05) is 13.0 Å². The molecule has 0 aromatic heterocycles. The number of nitrogens with two attached hydrogens (primary N) is 2. The van der Waals surface area contributed by atoms with E-state index in [1.165, 1.54) is 31.9 Å². The molecular weight excluding hydrogens is 386 g/mol. The molecule has 1 aliphatic heterocycles. The maximum Gasteiger partial charge on any atom is 0.249 e. The first-order valence-corrected chi connectivity index (χ1v) is 9.09. The fourth-order valence-electron chi connectivity index (χ4n) is 3.83.